The number of benzene rings is 1. The zero-order valence-corrected chi connectivity index (χ0v) is 15.2. The summed E-state index contributed by atoms with van der Waals surface area (Å²) in [7, 11) is 0. The Morgan fingerprint density at radius 3 is 2.32 bits per heavy atom. The van der Waals surface area contributed by atoms with Gasteiger partial charge in [0.05, 0.1) is 5.69 Å². The SMILES string of the molecule is Cl.Cl.NCc1cc(C(=O)N2CCN(c3ccc(F)cc3)CC2)ccn1. The van der Waals surface area contributed by atoms with Crippen LogP contribution >= 0.6 is 24.8 Å². The molecule has 0 radical (unpaired) electrons. The van der Waals surface area contributed by atoms with Crippen LogP contribution in [0.2, 0.25) is 0 Å². The molecule has 1 aliphatic heterocycles. The third-order valence-corrected chi connectivity index (χ3v) is 4.03. The lowest BCUT2D eigenvalue weighted by atomic mass is 10.1. The fourth-order valence-electron chi connectivity index (χ4n) is 2.73. The summed E-state index contributed by atoms with van der Waals surface area (Å²) in [5, 5.41) is 0. The number of carbonyl (C=O) groups excluding carboxylic acids is 1. The number of amides is 1. The van der Waals surface area contributed by atoms with Crippen LogP contribution in [-0.4, -0.2) is 42.0 Å². The largest absolute Gasteiger partial charge is 0.368 e. The Balaban J connectivity index is 0.00000156. The molecule has 1 saturated heterocycles. The number of halogens is 3. The van der Waals surface area contributed by atoms with Crippen LogP contribution in [0.25, 0.3) is 0 Å². The van der Waals surface area contributed by atoms with Gasteiger partial charge in [-0.1, -0.05) is 0 Å². The molecule has 1 fully saturated rings. The van der Waals surface area contributed by atoms with Gasteiger partial charge in [-0.25, -0.2) is 4.39 Å². The van der Waals surface area contributed by atoms with E-state index in [4.69, 9.17) is 5.73 Å². The van der Waals surface area contributed by atoms with Gasteiger partial charge in [-0.15, -0.1) is 24.8 Å². The first-order valence-corrected chi connectivity index (χ1v) is 7.62. The second-order valence-corrected chi connectivity index (χ2v) is 5.50. The van der Waals surface area contributed by atoms with Crippen molar-refractivity contribution >= 4 is 36.4 Å². The molecule has 0 spiro atoms. The molecule has 2 aromatic rings. The van der Waals surface area contributed by atoms with E-state index in [2.05, 4.69) is 9.88 Å². The standard InChI is InChI=1S/C17H19FN4O.2ClH/c18-14-1-3-16(4-2-14)21-7-9-22(10-8-21)17(23)13-5-6-20-15(11-13)12-19;;/h1-6,11H,7-10,12,19H2;2*1H. The van der Waals surface area contributed by atoms with Crippen LogP contribution in [0.1, 0.15) is 16.1 Å². The van der Waals surface area contributed by atoms with E-state index in [1.807, 2.05) is 4.90 Å². The Hall–Kier alpha value is -1.89. The van der Waals surface area contributed by atoms with Crippen LogP contribution in [-0.2, 0) is 6.54 Å². The number of rotatable bonds is 3. The number of aromatic nitrogens is 1. The van der Waals surface area contributed by atoms with Crippen LogP contribution in [0.4, 0.5) is 10.1 Å². The van der Waals surface area contributed by atoms with Crippen molar-refractivity contribution in [2.45, 2.75) is 6.54 Å². The molecule has 2 heterocycles. The van der Waals surface area contributed by atoms with Gasteiger partial charge in [0.2, 0.25) is 0 Å². The lowest BCUT2D eigenvalue weighted by molar-refractivity contribution is 0.0746. The third kappa shape index (κ3) is 5.04. The van der Waals surface area contributed by atoms with E-state index in [1.165, 1.54) is 12.1 Å². The highest BCUT2D eigenvalue weighted by Crippen LogP contribution is 2.18. The average molecular weight is 387 g/mol. The van der Waals surface area contributed by atoms with Crippen molar-refractivity contribution in [2.24, 2.45) is 5.73 Å². The van der Waals surface area contributed by atoms with Gasteiger partial charge in [-0.05, 0) is 36.4 Å². The number of hydrogen-bond acceptors (Lipinski definition) is 4. The minimum absolute atomic E-state index is 0. The second kappa shape index (κ2) is 9.56. The molecule has 0 unspecified atom stereocenters. The molecule has 1 aliphatic rings. The van der Waals surface area contributed by atoms with Crippen molar-refractivity contribution in [3.05, 3.63) is 59.7 Å². The number of anilines is 1. The van der Waals surface area contributed by atoms with E-state index in [-0.39, 0.29) is 36.5 Å². The summed E-state index contributed by atoms with van der Waals surface area (Å²) in [5.74, 6) is -0.239. The summed E-state index contributed by atoms with van der Waals surface area (Å²) >= 11 is 0. The van der Waals surface area contributed by atoms with Gasteiger partial charge in [0.25, 0.3) is 5.91 Å². The lowest BCUT2D eigenvalue weighted by Gasteiger charge is -2.36. The maximum Gasteiger partial charge on any atom is 0.254 e. The molecule has 0 saturated carbocycles. The predicted molar refractivity (Wildman–Crippen MR) is 101 cm³/mol. The molecule has 0 atom stereocenters. The van der Waals surface area contributed by atoms with E-state index < -0.39 is 0 Å². The minimum Gasteiger partial charge on any atom is -0.368 e. The highest BCUT2D eigenvalue weighted by molar-refractivity contribution is 5.94. The Bertz CT molecular complexity index is 691. The monoisotopic (exact) mass is 386 g/mol. The Morgan fingerprint density at radius 1 is 1.08 bits per heavy atom. The van der Waals surface area contributed by atoms with E-state index >= 15 is 0 Å². The van der Waals surface area contributed by atoms with E-state index in [0.29, 0.717) is 30.9 Å². The number of carbonyl (C=O) groups is 1. The molecule has 1 amide bonds. The van der Waals surface area contributed by atoms with Crippen LogP contribution < -0.4 is 10.6 Å². The smallest absolute Gasteiger partial charge is 0.254 e. The third-order valence-electron chi connectivity index (χ3n) is 4.03. The molecular formula is C17H21Cl2FN4O. The van der Waals surface area contributed by atoms with Gasteiger partial charge >= 0.3 is 0 Å². The molecule has 136 valence electrons. The lowest BCUT2D eigenvalue weighted by Crippen LogP contribution is -2.48. The molecule has 5 nitrogen and oxygen atoms in total. The molecule has 1 aromatic heterocycles. The van der Waals surface area contributed by atoms with E-state index in [0.717, 1.165) is 18.8 Å². The van der Waals surface area contributed by atoms with Gasteiger partial charge in [-0.3, -0.25) is 9.78 Å². The first-order valence-electron chi connectivity index (χ1n) is 7.62. The van der Waals surface area contributed by atoms with Gasteiger partial charge in [0.15, 0.2) is 0 Å². The topological polar surface area (TPSA) is 62.5 Å². The fourth-order valence-corrected chi connectivity index (χ4v) is 2.73. The Labute approximate surface area is 158 Å². The molecule has 2 N–H and O–H groups in total. The molecule has 25 heavy (non-hydrogen) atoms. The minimum atomic E-state index is -0.240. The van der Waals surface area contributed by atoms with Crippen molar-refractivity contribution in [1.82, 2.24) is 9.88 Å². The zero-order chi connectivity index (χ0) is 16.2. The number of nitrogens with two attached hydrogens (primary N) is 1. The summed E-state index contributed by atoms with van der Waals surface area (Å²) in [6.07, 6.45) is 1.62. The van der Waals surface area contributed by atoms with Crippen LogP contribution in [0.5, 0.6) is 0 Å². The van der Waals surface area contributed by atoms with E-state index in [1.54, 1.807) is 30.5 Å². The Kier molecular flexibility index (Phi) is 8.09. The summed E-state index contributed by atoms with van der Waals surface area (Å²) in [6, 6.07) is 9.91. The molecule has 1 aromatic carbocycles. The van der Waals surface area contributed by atoms with Crippen molar-refractivity contribution < 1.29 is 9.18 Å². The fraction of sp³-hybridized carbons (Fsp3) is 0.294. The predicted octanol–water partition coefficient (Wildman–Crippen LogP) is 2.49. The maximum atomic E-state index is 13.0. The van der Waals surface area contributed by atoms with Crippen LogP contribution in [0.3, 0.4) is 0 Å². The van der Waals surface area contributed by atoms with Crippen molar-refractivity contribution in [3.63, 3.8) is 0 Å². The van der Waals surface area contributed by atoms with Gasteiger partial charge in [0, 0.05) is 50.2 Å². The number of piperazine rings is 1. The van der Waals surface area contributed by atoms with Crippen molar-refractivity contribution in [1.29, 1.82) is 0 Å². The highest BCUT2D eigenvalue weighted by Gasteiger charge is 2.22. The Morgan fingerprint density at radius 2 is 1.72 bits per heavy atom. The number of nitrogens with zero attached hydrogens (tertiary/aromatic N) is 3. The van der Waals surface area contributed by atoms with Crippen LogP contribution in [0.15, 0.2) is 42.6 Å². The summed E-state index contributed by atoms with van der Waals surface area (Å²) in [5.41, 5.74) is 7.88. The zero-order valence-electron chi connectivity index (χ0n) is 13.6. The molecule has 0 aliphatic carbocycles. The summed E-state index contributed by atoms with van der Waals surface area (Å²) in [6.45, 7) is 3.05. The maximum absolute atomic E-state index is 13.0. The van der Waals surface area contributed by atoms with Gasteiger partial charge in [0.1, 0.15) is 5.82 Å². The first-order chi connectivity index (χ1) is 11.2. The summed E-state index contributed by atoms with van der Waals surface area (Å²) < 4.78 is 13.0. The number of hydrogen-bond donors (Lipinski definition) is 1. The quantitative estimate of drug-likeness (QED) is 0.879. The highest BCUT2D eigenvalue weighted by atomic mass is 35.5. The normalized spacial score (nSPS) is 13.7. The van der Waals surface area contributed by atoms with Crippen LogP contribution in [0, 0.1) is 5.82 Å². The first kappa shape index (κ1) is 21.2. The van der Waals surface area contributed by atoms with E-state index in [9.17, 15) is 9.18 Å². The van der Waals surface area contributed by atoms with Crippen molar-refractivity contribution in [3.8, 4) is 0 Å². The van der Waals surface area contributed by atoms with Crippen molar-refractivity contribution in [2.75, 3.05) is 31.1 Å². The summed E-state index contributed by atoms with van der Waals surface area (Å²) in [4.78, 5) is 20.6. The van der Waals surface area contributed by atoms with Gasteiger partial charge in [-0.2, -0.15) is 0 Å². The molecular weight excluding hydrogens is 366 g/mol. The molecule has 0 bridgehead atoms. The van der Waals surface area contributed by atoms with Gasteiger partial charge < -0.3 is 15.5 Å². The number of pyridine rings is 1. The molecule has 3 rings (SSSR count). The molecule has 8 heteroatoms. The average Bonchev–Trinajstić information content (AvgIpc) is 2.62. The second-order valence-electron chi connectivity index (χ2n) is 5.50.